The maximum atomic E-state index is 10.9. The molecule has 1 rings (SSSR count). The van der Waals surface area contributed by atoms with Crippen LogP contribution in [0.1, 0.15) is 5.69 Å². The summed E-state index contributed by atoms with van der Waals surface area (Å²) in [6.45, 7) is 2.64. The van der Waals surface area contributed by atoms with E-state index in [1.165, 1.54) is 17.8 Å². The lowest BCUT2D eigenvalue weighted by Crippen LogP contribution is -2.51. The molecule has 0 aliphatic rings. The number of aromatic amines is 1. The summed E-state index contributed by atoms with van der Waals surface area (Å²) in [6.07, 6.45) is 0. The summed E-state index contributed by atoms with van der Waals surface area (Å²) >= 11 is 1.52. The van der Waals surface area contributed by atoms with Crippen molar-refractivity contribution >= 4 is 11.8 Å². The molecule has 0 aliphatic carbocycles. The first kappa shape index (κ1) is 9.28. The lowest BCUT2D eigenvalue weighted by molar-refractivity contribution is -0.360. The van der Waals surface area contributed by atoms with Gasteiger partial charge in [0.2, 0.25) is 0 Å². The Morgan fingerprint density at radius 1 is 1.75 bits per heavy atom. The number of aryl methyl sites for hydroxylation is 1. The Hall–Kier alpha value is -0.810. The highest BCUT2D eigenvalue weighted by Gasteiger charge is 1.97. The highest BCUT2D eigenvalue weighted by molar-refractivity contribution is 7.99. The van der Waals surface area contributed by atoms with Crippen LogP contribution in [0, 0.1) is 6.92 Å². The SMILES string of the molecule is Cc1cc(=O)[nH]c(SCC[NH3+])n1. The molecule has 66 valence electrons. The predicted octanol–water partition coefficient (Wildman–Crippen LogP) is -0.588. The molecule has 0 atom stereocenters. The number of hydrogen-bond acceptors (Lipinski definition) is 3. The number of H-pyrrole nitrogens is 1. The van der Waals surface area contributed by atoms with Crippen LogP contribution in [0.3, 0.4) is 0 Å². The Bertz CT molecular complexity index is 310. The zero-order chi connectivity index (χ0) is 8.97. The summed E-state index contributed by atoms with van der Waals surface area (Å²) in [7, 11) is 0. The second kappa shape index (κ2) is 4.27. The van der Waals surface area contributed by atoms with Gasteiger partial charge < -0.3 is 10.7 Å². The van der Waals surface area contributed by atoms with Crippen molar-refractivity contribution in [3.63, 3.8) is 0 Å². The van der Waals surface area contributed by atoms with Crippen LogP contribution in [0.25, 0.3) is 0 Å². The third kappa shape index (κ3) is 2.67. The van der Waals surface area contributed by atoms with Crippen molar-refractivity contribution < 1.29 is 5.73 Å². The highest BCUT2D eigenvalue weighted by Crippen LogP contribution is 2.08. The van der Waals surface area contributed by atoms with Crippen molar-refractivity contribution in [1.82, 2.24) is 9.97 Å². The lowest BCUT2D eigenvalue weighted by atomic mass is 10.5. The van der Waals surface area contributed by atoms with Crippen LogP contribution in [-0.4, -0.2) is 22.3 Å². The average molecular weight is 186 g/mol. The molecule has 0 saturated carbocycles. The maximum Gasteiger partial charge on any atom is 0.251 e. The molecule has 1 aromatic rings. The van der Waals surface area contributed by atoms with E-state index in [1.54, 1.807) is 0 Å². The fraction of sp³-hybridized carbons (Fsp3) is 0.429. The van der Waals surface area contributed by atoms with Gasteiger partial charge in [0.1, 0.15) is 0 Å². The number of hydrogen-bond donors (Lipinski definition) is 2. The molecule has 4 N–H and O–H groups in total. The van der Waals surface area contributed by atoms with E-state index in [2.05, 4.69) is 15.7 Å². The third-order valence-corrected chi connectivity index (χ3v) is 2.19. The molecule has 0 saturated heterocycles. The van der Waals surface area contributed by atoms with Gasteiger partial charge >= 0.3 is 0 Å². The van der Waals surface area contributed by atoms with Crippen molar-refractivity contribution in [2.45, 2.75) is 12.1 Å². The normalized spacial score (nSPS) is 10.2. The molecule has 0 radical (unpaired) electrons. The van der Waals surface area contributed by atoms with Crippen molar-refractivity contribution in [2.75, 3.05) is 12.3 Å². The summed E-state index contributed by atoms with van der Waals surface area (Å²) in [5.41, 5.74) is 4.37. The molecule has 5 heteroatoms. The van der Waals surface area contributed by atoms with Crippen LogP contribution in [0.4, 0.5) is 0 Å². The lowest BCUT2D eigenvalue weighted by Gasteiger charge is -1.97. The van der Waals surface area contributed by atoms with Gasteiger partial charge in [-0.3, -0.25) is 4.79 Å². The molecule has 12 heavy (non-hydrogen) atoms. The van der Waals surface area contributed by atoms with Crippen LogP contribution < -0.4 is 11.3 Å². The molecule has 0 amide bonds. The van der Waals surface area contributed by atoms with Crippen LogP contribution in [0.2, 0.25) is 0 Å². The van der Waals surface area contributed by atoms with Gasteiger partial charge in [-0.15, -0.1) is 0 Å². The molecule has 0 fully saturated rings. The standard InChI is InChI=1S/C7H11N3OS/c1-5-4-6(11)10-7(9-5)12-3-2-8/h4H,2-3,8H2,1H3,(H,9,10,11)/p+1. The largest absolute Gasteiger partial charge is 0.357 e. The summed E-state index contributed by atoms with van der Waals surface area (Å²) in [6, 6.07) is 1.48. The fourth-order valence-corrected chi connectivity index (χ4v) is 1.51. The van der Waals surface area contributed by atoms with Gasteiger partial charge in [0.25, 0.3) is 5.56 Å². The second-order valence-electron chi connectivity index (χ2n) is 2.39. The van der Waals surface area contributed by atoms with Gasteiger partial charge in [-0.1, -0.05) is 11.8 Å². The summed E-state index contributed by atoms with van der Waals surface area (Å²) in [5, 5.41) is 0.684. The van der Waals surface area contributed by atoms with Crippen molar-refractivity contribution in [3.8, 4) is 0 Å². The number of aromatic nitrogens is 2. The molecule has 0 aromatic carbocycles. The molecular weight excluding hydrogens is 174 g/mol. The van der Waals surface area contributed by atoms with Crippen molar-refractivity contribution in [1.29, 1.82) is 0 Å². The quantitative estimate of drug-likeness (QED) is 0.489. The first-order valence-corrected chi connectivity index (χ1v) is 4.71. The Morgan fingerprint density at radius 3 is 3.08 bits per heavy atom. The Kier molecular flexibility index (Phi) is 3.31. The average Bonchev–Trinajstić information content (AvgIpc) is 1.99. The minimum absolute atomic E-state index is 0.0888. The number of nitrogens with zero attached hydrogens (tertiary/aromatic N) is 1. The second-order valence-corrected chi connectivity index (χ2v) is 3.48. The van der Waals surface area contributed by atoms with E-state index in [1.807, 2.05) is 6.92 Å². The van der Waals surface area contributed by atoms with Crippen molar-refractivity contribution in [2.24, 2.45) is 0 Å². The van der Waals surface area contributed by atoms with Gasteiger partial charge in [0, 0.05) is 11.8 Å². The van der Waals surface area contributed by atoms with E-state index in [-0.39, 0.29) is 5.56 Å². The number of rotatable bonds is 3. The molecular formula is C7H12N3OS+. The van der Waals surface area contributed by atoms with E-state index in [4.69, 9.17) is 0 Å². The molecule has 0 aliphatic heterocycles. The van der Waals surface area contributed by atoms with E-state index in [9.17, 15) is 4.79 Å². The summed E-state index contributed by atoms with van der Waals surface area (Å²) < 4.78 is 0. The first-order valence-electron chi connectivity index (χ1n) is 3.72. The molecule has 1 aromatic heterocycles. The van der Waals surface area contributed by atoms with Gasteiger partial charge in [-0.05, 0) is 6.92 Å². The summed E-state index contributed by atoms with van der Waals surface area (Å²) in [5.74, 6) is 0.881. The topological polar surface area (TPSA) is 73.4 Å². The predicted molar refractivity (Wildman–Crippen MR) is 48.1 cm³/mol. The molecule has 0 bridgehead atoms. The zero-order valence-corrected chi connectivity index (χ0v) is 7.78. The fourth-order valence-electron chi connectivity index (χ4n) is 0.789. The Labute approximate surface area is 74.6 Å². The molecule has 4 nitrogen and oxygen atoms in total. The van der Waals surface area contributed by atoms with E-state index in [0.717, 1.165) is 18.0 Å². The minimum atomic E-state index is -0.0888. The molecule has 1 heterocycles. The van der Waals surface area contributed by atoms with Crippen LogP contribution in [0.5, 0.6) is 0 Å². The molecule has 0 spiro atoms. The van der Waals surface area contributed by atoms with Gasteiger partial charge in [-0.25, -0.2) is 4.98 Å². The number of nitrogens with one attached hydrogen (secondary N) is 1. The van der Waals surface area contributed by atoms with Gasteiger partial charge in [0.15, 0.2) is 5.16 Å². The van der Waals surface area contributed by atoms with E-state index in [0.29, 0.717) is 5.16 Å². The minimum Gasteiger partial charge on any atom is -0.357 e. The van der Waals surface area contributed by atoms with Crippen LogP contribution >= 0.6 is 11.8 Å². The maximum absolute atomic E-state index is 10.9. The number of thioether (sulfide) groups is 1. The van der Waals surface area contributed by atoms with Crippen LogP contribution in [-0.2, 0) is 0 Å². The Morgan fingerprint density at radius 2 is 2.50 bits per heavy atom. The van der Waals surface area contributed by atoms with E-state index < -0.39 is 0 Å². The smallest absolute Gasteiger partial charge is 0.251 e. The first-order chi connectivity index (χ1) is 5.72. The number of quaternary nitrogens is 1. The third-order valence-electron chi connectivity index (χ3n) is 1.23. The van der Waals surface area contributed by atoms with Crippen molar-refractivity contribution in [3.05, 3.63) is 22.1 Å². The van der Waals surface area contributed by atoms with Gasteiger partial charge in [-0.2, -0.15) is 0 Å². The zero-order valence-electron chi connectivity index (χ0n) is 6.96. The summed E-state index contributed by atoms with van der Waals surface area (Å²) in [4.78, 5) is 17.8. The molecule has 0 unspecified atom stereocenters. The Balaban J connectivity index is 2.79. The van der Waals surface area contributed by atoms with Gasteiger partial charge in [0.05, 0.1) is 12.3 Å². The van der Waals surface area contributed by atoms with E-state index >= 15 is 0 Å². The van der Waals surface area contributed by atoms with Crippen LogP contribution in [0.15, 0.2) is 16.0 Å². The highest BCUT2D eigenvalue weighted by atomic mass is 32.2. The monoisotopic (exact) mass is 186 g/mol.